The molecule has 0 amide bonds. The number of halogens is 3. The van der Waals surface area contributed by atoms with Crippen molar-refractivity contribution in [2.45, 2.75) is 12.5 Å². The lowest BCUT2D eigenvalue weighted by molar-refractivity contribution is 0.473. The Balaban J connectivity index is 1.72. The fraction of sp³-hybridized carbons (Fsp3) is 0.143. The van der Waals surface area contributed by atoms with Gasteiger partial charge in [0, 0.05) is 28.2 Å². The number of fused-ring (bicyclic) bond motifs is 3. The Morgan fingerprint density at radius 2 is 1.90 bits per heavy atom. The standard InChI is InChI=1S/C21H15Cl2FN4O/c22-12-2-4-17-15(8-12)14-5-6-28(21-25-9-13(24)10-26-21)20(19(14)27-17)11-1-3-16(23)18(29)7-11/h1-4,7-10,20,27,29H,5-6H2. The Labute approximate surface area is 175 Å². The summed E-state index contributed by atoms with van der Waals surface area (Å²) in [6.45, 7) is 0.617. The first-order valence-corrected chi connectivity index (χ1v) is 9.79. The number of anilines is 1. The van der Waals surface area contributed by atoms with Crippen LogP contribution in [0.2, 0.25) is 10.0 Å². The zero-order valence-corrected chi connectivity index (χ0v) is 16.5. The van der Waals surface area contributed by atoms with Crippen LogP contribution >= 0.6 is 23.2 Å². The molecular formula is C21H15Cl2FN4O. The number of H-pyrrole nitrogens is 1. The smallest absolute Gasteiger partial charge is 0.226 e. The second kappa shape index (κ2) is 6.90. The van der Waals surface area contributed by atoms with E-state index < -0.39 is 5.82 Å². The van der Waals surface area contributed by atoms with Crippen LogP contribution < -0.4 is 4.90 Å². The van der Waals surface area contributed by atoms with Crippen molar-refractivity contribution in [2.24, 2.45) is 0 Å². The predicted molar refractivity (Wildman–Crippen MR) is 111 cm³/mol. The number of nitrogens with one attached hydrogen (secondary N) is 1. The molecule has 0 radical (unpaired) electrons. The molecule has 0 aliphatic carbocycles. The summed E-state index contributed by atoms with van der Waals surface area (Å²) in [4.78, 5) is 13.8. The third-order valence-corrected chi connectivity index (χ3v) is 5.79. The van der Waals surface area contributed by atoms with E-state index in [4.69, 9.17) is 23.2 Å². The third-order valence-electron chi connectivity index (χ3n) is 5.24. The molecule has 2 aromatic carbocycles. The first-order chi connectivity index (χ1) is 14.0. The van der Waals surface area contributed by atoms with Crippen LogP contribution in [0.1, 0.15) is 22.9 Å². The van der Waals surface area contributed by atoms with E-state index in [9.17, 15) is 9.50 Å². The first kappa shape index (κ1) is 18.2. The molecule has 4 aromatic rings. The van der Waals surface area contributed by atoms with E-state index in [1.807, 2.05) is 29.2 Å². The average Bonchev–Trinajstić information content (AvgIpc) is 3.08. The van der Waals surface area contributed by atoms with Gasteiger partial charge in [-0.15, -0.1) is 0 Å². The van der Waals surface area contributed by atoms with Crippen molar-refractivity contribution in [3.8, 4) is 5.75 Å². The molecule has 8 heteroatoms. The monoisotopic (exact) mass is 428 g/mol. The Bertz CT molecular complexity index is 1230. The maximum atomic E-state index is 13.4. The Kier molecular flexibility index (Phi) is 4.33. The van der Waals surface area contributed by atoms with Crippen molar-refractivity contribution >= 4 is 40.1 Å². The van der Waals surface area contributed by atoms with Crippen molar-refractivity contribution in [3.05, 3.63) is 81.5 Å². The van der Waals surface area contributed by atoms with Gasteiger partial charge in [-0.3, -0.25) is 0 Å². The number of hydrogen-bond donors (Lipinski definition) is 2. The summed E-state index contributed by atoms with van der Waals surface area (Å²) in [6, 6.07) is 10.6. The van der Waals surface area contributed by atoms with Gasteiger partial charge >= 0.3 is 0 Å². The van der Waals surface area contributed by atoms with Crippen LogP contribution in [0.3, 0.4) is 0 Å². The van der Waals surface area contributed by atoms with Gasteiger partial charge < -0.3 is 15.0 Å². The molecule has 29 heavy (non-hydrogen) atoms. The highest BCUT2D eigenvalue weighted by molar-refractivity contribution is 6.32. The molecule has 0 saturated carbocycles. The minimum Gasteiger partial charge on any atom is -0.506 e. The van der Waals surface area contributed by atoms with Gasteiger partial charge in [0.2, 0.25) is 5.95 Å². The highest BCUT2D eigenvalue weighted by Gasteiger charge is 2.33. The minimum atomic E-state index is -0.493. The summed E-state index contributed by atoms with van der Waals surface area (Å²) in [5, 5.41) is 12.2. The number of aromatic hydroxyl groups is 1. The largest absolute Gasteiger partial charge is 0.506 e. The van der Waals surface area contributed by atoms with Gasteiger partial charge in [-0.05, 0) is 47.9 Å². The lowest BCUT2D eigenvalue weighted by Crippen LogP contribution is -2.37. The molecule has 3 heterocycles. The molecule has 1 aliphatic rings. The molecule has 2 N–H and O–H groups in total. The number of phenolic OH excluding ortho intramolecular Hbond substituents is 1. The minimum absolute atomic E-state index is 0.00424. The van der Waals surface area contributed by atoms with Crippen molar-refractivity contribution in [3.63, 3.8) is 0 Å². The molecule has 2 aromatic heterocycles. The zero-order chi connectivity index (χ0) is 20.1. The summed E-state index contributed by atoms with van der Waals surface area (Å²) in [7, 11) is 0. The van der Waals surface area contributed by atoms with E-state index in [-0.39, 0.29) is 16.8 Å². The van der Waals surface area contributed by atoms with Crippen LogP contribution in [0.5, 0.6) is 5.75 Å². The van der Waals surface area contributed by atoms with Crippen LogP contribution in [0.15, 0.2) is 48.8 Å². The fourth-order valence-electron chi connectivity index (χ4n) is 3.98. The molecule has 5 rings (SSSR count). The number of aromatic amines is 1. The summed E-state index contributed by atoms with van der Waals surface area (Å²) >= 11 is 12.2. The van der Waals surface area contributed by atoms with E-state index in [0.29, 0.717) is 17.5 Å². The molecule has 0 fully saturated rings. The quantitative estimate of drug-likeness (QED) is 0.456. The van der Waals surface area contributed by atoms with Crippen LogP contribution in [0.25, 0.3) is 10.9 Å². The van der Waals surface area contributed by atoms with Crippen LogP contribution in [0, 0.1) is 5.82 Å². The maximum Gasteiger partial charge on any atom is 0.226 e. The van der Waals surface area contributed by atoms with Crippen LogP contribution in [0.4, 0.5) is 10.3 Å². The molecule has 0 bridgehead atoms. The summed E-state index contributed by atoms with van der Waals surface area (Å²) in [5.41, 5.74) is 3.91. The second-order valence-corrected chi connectivity index (χ2v) is 7.81. The van der Waals surface area contributed by atoms with E-state index in [2.05, 4.69) is 15.0 Å². The number of nitrogens with zero attached hydrogens (tertiary/aromatic N) is 3. The first-order valence-electron chi connectivity index (χ1n) is 9.04. The molecule has 5 nitrogen and oxygen atoms in total. The van der Waals surface area contributed by atoms with E-state index in [0.717, 1.165) is 46.5 Å². The molecule has 146 valence electrons. The molecule has 1 unspecified atom stereocenters. The van der Waals surface area contributed by atoms with Gasteiger partial charge in [0.1, 0.15) is 5.75 Å². The lowest BCUT2D eigenvalue weighted by Gasteiger charge is -2.36. The van der Waals surface area contributed by atoms with Crippen molar-refractivity contribution < 1.29 is 9.50 Å². The van der Waals surface area contributed by atoms with E-state index in [1.165, 1.54) is 0 Å². The Morgan fingerprint density at radius 1 is 1.10 bits per heavy atom. The number of phenols is 1. The van der Waals surface area contributed by atoms with Gasteiger partial charge in [0.05, 0.1) is 23.5 Å². The second-order valence-electron chi connectivity index (χ2n) is 6.97. The van der Waals surface area contributed by atoms with E-state index >= 15 is 0 Å². The topological polar surface area (TPSA) is 65.0 Å². The fourth-order valence-corrected chi connectivity index (χ4v) is 4.27. The summed E-state index contributed by atoms with van der Waals surface area (Å²) < 4.78 is 13.4. The van der Waals surface area contributed by atoms with Crippen molar-refractivity contribution in [1.29, 1.82) is 0 Å². The number of hydrogen-bond acceptors (Lipinski definition) is 4. The SMILES string of the molecule is Oc1cc(C2c3[nH]c4ccc(Cl)cc4c3CCN2c2ncc(F)cn2)ccc1Cl. The van der Waals surface area contributed by atoms with Crippen LogP contribution in [-0.2, 0) is 6.42 Å². The van der Waals surface area contributed by atoms with Gasteiger partial charge in [-0.25, -0.2) is 14.4 Å². The average molecular weight is 429 g/mol. The lowest BCUT2D eigenvalue weighted by atomic mass is 9.92. The summed E-state index contributed by atoms with van der Waals surface area (Å²) in [6.07, 6.45) is 3.05. The van der Waals surface area contributed by atoms with Crippen molar-refractivity contribution in [2.75, 3.05) is 11.4 Å². The van der Waals surface area contributed by atoms with Crippen LogP contribution in [-0.4, -0.2) is 26.6 Å². The summed E-state index contributed by atoms with van der Waals surface area (Å²) in [5.74, 6) is -0.0870. The number of rotatable bonds is 2. The Hall–Kier alpha value is -2.83. The number of benzene rings is 2. The molecule has 1 atom stereocenters. The van der Waals surface area contributed by atoms with Gasteiger partial charge in [-0.1, -0.05) is 29.3 Å². The number of aromatic nitrogens is 3. The molecule has 0 saturated heterocycles. The van der Waals surface area contributed by atoms with E-state index in [1.54, 1.807) is 12.1 Å². The molecule has 1 aliphatic heterocycles. The molecular weight excluding hydrogens is 414 g/mol. The maximum absolute atomic E-state index is 13.4. The normalized spacial score (nSPS) is 16.2. The van der Waals surface area contributed by atoms with Gasteiger partial charge in [0.25, 0.3) is 0 Å². The highest BCUT2D eigenvalue weighted by Crippen LogP contribution is 2.41. The Morgan fingerprint density at radius 3 is 2.66 bits per heavy atom. The van der Waals surface area contributed by atoms with Gasteiger partial charge in [-0.2, -0.15) is 0 Å². The third kappa shape index (κ3) is 3.09. The molecule has 0 spiro atoms. The zero-order valence-electron chi connectivity index (χ0n) is 15.0. The highest BCUT2D eigenvalue weighted by atomic mass is 35.5. The predicted octanol–water partition coefficient (Wildman–Crippen LogP) is 5.26. The van der Waals surface area contributed by atoms with Crippen molar-refractivity contribution in [1.82, 2.24) is 15.0 Å². The van der Waals surface area contributed by atoms with Gasteiger partial charge in [0.15, 0.2) is 5.82 Å².